The van der Waals surface area contributed by atoms with Crippen molar-refractivity contribution in [2.45, 2.75) is 13.8 Å². The first-order chi connectivity index (χ1) is 13.4. The molecule has 0 saturated carbocycles. The van der Waals surface area contributed by atoms with Gasteiger partial charge in [-0.3, -0.25) is 14.9 Å². The molecule has 7 nitrogen and oxygen atoms in total. The molecule has 7 heteroatoms. The number of rotatable bonds is 4. The number of nitrogens with one attached hydrogen (secondary N) is 1. The van der Waals surface area contributed by atoms with Crippen LogP contribution in [-0.4, -0.2) is 28.3 Å². The smallest absolute Gasteiger partial charge is 0.355 e. The summed E-state index contributed by atoms with van der Waals surface area (Å²) < 4.78 is 5.15. The molecule has 1 heterocycles. The third-order valence-electron chi connectivity index (χ3n) is 4.77. The number of non-ortho nitro benzene ring substituents is 1. The van der Waals surface area contributed by atoms with Crippen LogP contribution in [0.1, 0.15) is 38.9 Å². The molecule has 3 aromatic rings. The van der Waals surface area contributed by atoms with E-state index in [0.29, 0.717) is 27.9 Å². The molecule has 0 unspecified atom stereocenters. The highest BCUT2D eigenvalue weighted by Crippen LogP contribution is 2.44. The Balaban J connectivity index is 1.96. The van der Waals surface area contributed by atoms with Crippen molar-refractivity contribution in [3.8, 4) is 22.4 Å². The van der Waals surface area contributed by atoms with Crippen molar-refractivity contribution in [2.75, 3.05) is 6.61 Å². The van der Waals surface area contributed by atoms with Crippen LogP contribution in [0.25, 0.3) is 22.4 Å². The van der Waals surface area contributed by atoms with E-state index < -0.39 is 10.9 Å². The Kier molecular flexibility index (Phi) is 4.07. The van der Waals surface area contributed by atoms with E-state index in [1.165, 1.54) is 18.2 Å². The van der Waals surface area contributed by atoms with Crippen LogP contribution < -0.4 is 0 Å². The molecule has 1 N–H and O–H groups in total. The fraction of sp³-hybridized carbons (Fsp3) is 0.143. The number of carbonyl (C=O) groups excluding carboxylic acids is 2. The molecule has 0 aliphatic heterocycles. The maximum atomic E-state index is 13.1. The number of hydrogen-bond donors (Lipinski definition) is 1. The lowest BCUT2D eigenvalue weighted by Crippen LogP contribution is -2.08. The predicted molar refractivity (Wildman–Crippen MR) is 102 cm³/mol. The first-order valence-electron chi connectivity index (χ1n) is 8.76. The highest BCUT2D eigenvalue weighted by molar-refractivity contribution is 6.26. The number of nitrogens with zero attached hydrogens (tertiary/aromatic N) is 1. The van der Waals surface area contributed by atoms with Gasteiger partial charge in [0.05, 0.1) is 22.8 Å². The van der Waals surface area contributed by atoms with Gasteiger partial charge in [0, 0.05) is 28.8 Å². The largest absolute Gasteiger partial charge is 0.461 e. The van der Waals surface area contributed by atoms with Crippen molar-refractivity contribution in [2.24, 2.45) is 0 Å². The van der Waals surface area contributed by atoms with E-state index in [2.05, 4.69) is 4.98 Å². The third-order valence-corrected chi connectivity index (χ3v) is 4.77. The molecule has 4 rings (SSSR count). The summed E-state index contributed by atoms with van der Waals surface area (Å²) in [4.78, 5) is 39.2. The fourth-order valence-electron chi connectivity index (χ4n) is 3.48. The van der Waals surface area contributed by atoms with Crippen LogP contribution in [0.15, 0.2) is 42.5 Å². The molecule has 2 aromatic carbocycles. The number of nitro groups is 1. The molecule has 1 aliphatic rings. The minimum Gasteiger partial charge on any atom is -0.461 e. The minimum absolute atomic E-state index is 0.153. The van der Waals surface area contributed by atoms with Gasteiger partial charge in [-0.25, -0.2) is 4.79 Å². The lowest BCUT2D eigenvalue weighted by molar-refractivity contribution is -0.384. The van der Waals surface area contributed by atoms with Crippen molar-refractivity contribution in [3.63, 3.8) is 0 Å². The Morgan fingerprint density at radius 3 is 2.46 bits per heavy atom. The second-order valence-electron chi connectivity index (χ2n) is 6.53. The van der Waals surface area contributed by atoms with Crippen molar-refractivity contribution in [1.82, 2.24) is 4.98 Å². The number of ketones is 1. The van der Waals surface area contributed by atoms with Gasteiger partial charge < -0.3 is 9.72 Å². The molecule has 1 aliphatic carbocycles. The van der Waals surface area contributed by atoms with Crippen LogP contribution in [0.3, 0.4) is 0 Å². The second kappa shape index (κ2) is 6.45. The average molecular weight is 376 g/mol. The Morgan fingerprint density at radius 1 is 1.11 bits per heavy atom. The average Bonchev–Trinajstić information content (AvgIpc) is 3.19. The predicted octanol–water partition coefficient (Wildman–Crippen LogP) is 4.29. The molecule has 0 bridgehead atoms. The van der Waals surface area contributed by atoms with Crippen LogP contribution >= 0.6 is 0 Å². The van der Waals surface area contributed by atoms with Crippen LogP contribution in [0.2, 0.25) is 0 Å². The molecular formula is C21H16N2O5. The van der Waals surface area contributed by atoms with Gasteiger partial charge >= 0.3 is 5.97 Å². The number of hydrogen-bond acceptors (Lipinski definition) is 5. The zero-order chi connectivity index (χ0) is 20.0. The van der Waals surface area contributed by atoms with Crippen LogP contribution in [0.4, 0.5) is 5.69 Å². The monoisotopic (exact) mass is 376 g/mol. The Hall–Kier alpha value is -3.74. The summed E-state index contributed by atoms with van der Waals surface area (Å²) in [5, 5.41) is 11.1. The van der Waals surface area contributed by atoms with Gasteiger partial charge in [0.1, 0.15) is 5.69 Å². The van der Waals surface area contributed by atoms with E-state index in [1.54, 1.807) is 6.92 Å². The number of fused-ring (bicyclic) bond motifs is 3. The van der Waals surface area contributed by atoms with Gasteiger partial charge in [-0.15, -0.1) is 0 Å². The summed E-state index contributed by atoms with van der Waals surface area (Å²) in [7, 11) is 0. The van der Waals surface area contributed by atoms with E-state index in [0.717, 1.165) is 5.56 Å². The van der Waals surface area contributed by atoms with Crippen LogP contribution in [0, 0.1) is 17.0 Å². The van der Waals surface area contributed by atoms with Crippen LogP contribution in [0.5, 0.6) is 0 Å². The molecule has 0 saturated heterocycles. The van der Waals surface area contributed by atoms with Gasteiger partial charge in [-0.05, 0) is 25.5 Å². The van der Waals surface area contributed by atoms with Gasteiger partial charge in [-0.1, -0.05) is 29.8 Å². The van der Waals surface area contributed by atoms with E-state index >= 15 is 0 Å². The van der Waals surface area contributed by atoms with E-state index in [1.807, 2.05) is 31.2 Å². The van der Waals surface area contributed by atoms with Crippen LogP contribution in [-0.2, 0) is 4.74 Å². The molecular weight excluding hydrogens is 360 g/mol. The molecule has 28 heavy (non-hydrogen) atoms. The zero-order valence-electron chi connectivity index (χ0n) is 15.2. The standard InChI is InChI=1S/C21H16N2O5/c1-3-28-21(25)19-16(12-6-4-11(2)5-7-12)17-18(22-19)14-9-8-13(23(26)27)10-15(14)20(17)24/h4-10,22H,3H2,1-2H3. The van der Waals surface area contributed by atoms with Gasteiger partial charge in [0.2, 0.25) is 0 Å². The highest BCUT2D eigenvalue weighted by Gasteiger charge is 2.36. The fourth-order valence-corrected chi connectivity index (χ4v) is 3.48. The lowest BCUT2D eigenvalue weighted by Gasteiger charge is -2.07. The van der Waals surface area contributed by atoms with Gasteiger partial charge in [0.15, 0.2) is 5.78 Å². The minimum atomic E-state index is -0.552. The number of nitro benzene ring substituents is 1. The van der Waals surface area contributed by atoms with Crippen molar-refractivity contribution in [1.29, 1.82) is 0 Å². The van der Waals surface area contributed by atoms with Gasteiger partial charge in [0.25, 0.3) is 5.69 Å². The van der Waals surface area contributed by atoms with E-state index in [-0.39, 0.29) is 29.3 Å². The molecule has 0 amide bonds. The molecule has 1 aromatic heterocycles. The summed E-state index contributed by atoms with van der Waals surface area (Å²) in [6.07, 6.45) is 0. The van der Waals surface area contributed by atoms with E-state index in [9.17, 15) is 19.7 Å². The number of aromatic nitrogens is 1. The molecule has 0 fully saturated rings. The Labute approximate surface area is 160 Å². The van der Waals surface area contributed by atoms with Crippen molar-refractivity contribution >= 4 is 17.4 Å². The first-order valence-corrected chi connectivity index (χ1v) is 8.76. The quantitative estimate of drug-likeness (QED) is 0.325. The Bertz CT molecular complexity index is 1140. The zero-order valence-corrected chi connectivity index (χ0v) is 15.2. The number of esters is 1. The maximum absolute atomic E-state index is 13.1. The maximum Gasteiger partial charge on any atom is 0.355 e. The lowest BCUT2D eigenvalue weighted by atomic mass is 9.97. The molecule has 0 radical (unpaired) electrons. The first kappa shape index (κ1) is 17.7. The summed E-state index contributed by atoms with van der Waals surface area (Å²) >= 11 is 0. The SMILES string of the molecule is CCOC(=O)c1[nH]c2c(c1-c1ccc(C)cc1)C(=O)c1cc([N+](=O)[O-])ccc1-2. The summed E-state index contributed by atoms with van der Waals surface area (Å²) in [6.45, 7) is 3.85. The van der Waals surface area contributed by atoms with E-state index in [4.69, 9.17) is 4.74 Å². The normalized spacial score (nSPS) is 11.9. The number of ether oxygens (including phenoxy) is 1. The third kappa shape index (κ3) is 2.60. The number of aromatic amines is 1. The molecule has 140 valence electrons. The summed E-state index contributed by atoms with van der Waals surface area (Å²) in [5.74, 6) is -0.903. The number of H-pyrrole nitrogens is 1. The number of benzene rings is 2. The molecule has 0 atom stereocenters. The topological polar surface area (TPSA) is 102 Å². The highest BCUT2D eigenvalue weighted by atomic mass is 16.6. The Morgan fingerprint density at radius 2 is 1.82 bits per heavy atom. The van der Waals surface area contributed by atoms with Crippen molar-refractivity contribution < 1.29 is 19.2 Å². The summed E-state index contributed by atoms with van der Waals surface area (Å²) in [6, 6.07) is 11.6. The van der Waals surface area contributed by atoms with Crippen molar-refractivity contribution in [3.05, 3.63) is 75.0 Å². The molecule has 0 spiro atoms. The van der Waals surface area contributed by atoms with Gasteiger partial charge in [-0.2, -0.15) is 0 Å². The second-order valence-corrected chi connectivity index (χ2v) is 6.53. The summed E-state index contributed by atoms with van der Waals surface area (Å²) in [5.41, 5.74) is 3.84. The number of carbonyl (C=O) groups is 2. The number of aryl methyl sites for hydroxylation is 1.